The Bertz CT molecular complexity index is 345. The number of nitrogens with zero attached hydrogens (tertiary/aromatic N) is 2. The summed E-state index contributed by atoms with van der Waals surface area (Å²) in [5, 5.41) is 2.31. The average molecular weight is 332 g/mol. The largest absolute Gasteiger partial charge is 1.00 e. The second-order valence-electron chi connectivity index (χ2n) is 4.04. The van der Waals surface area contributed by atoms with Gasteiger partial charge in [-0.3, -0.25) is 4.79 Å². The van der Waals surface area contributed by atoms with Crippen molar-refractivity contribution in [3.8, 4) is 0 Å². The lowest BCUT2D eigenvalue weighted by Crippen LogP contribution is -3.00. The Morgan fingerprint density at radius 3 is 2.25 bits per heavy atom. The van der Waals surface area contributed by atoms with Crippen molar-refractivity contribution in [3.05, 3.63) is 30.1 Å². The monoisotopic (exact) mass is 332 g/mol. The molecule has 1 aromatic rings. The summed E-state index contributed by atoms with van der Waals surface area (Å²) in [6.45, 7) is 3.83. The van der Waals surface area contributed by atoms with E-state index in [2.05, 4.69) is 9.69 Å². The molecule has 1 aromatic heterocycles. The summed E-state index contributed by atoms with van der Waals surface area (Å²) in [4.78, 5) is 11.1. The highest BCUT2D eigenvalue weighted by Gasteiger charge is 2.16. The fourth-order valence-electron chi connectivity index (χ4n) is 1.95. The molecule has 0 bridgehead atoms. The Morgan fingerprint density at radius 1 is 1.19 bits per heavy atom. The smallest absolute Gasteiger partial charge is 0.200 e. The van der Waals surface area contributed by atoms with Gasteiger partial charge in [0.15, 0.2) is 18.2 Å². The number of ketones is 1. The molecule has 2 rings (SSSR count). The summed E-state index contributed by atoms with van der Waals surface area (Å²) in [7, 11) is 0. The summed E-state index contributed by atoms with van der Waals surface area (Å²) in [5.41, 5.74) is 0.781. The molecule has 1 aliphatic heterocycles. The maximum atomic E-state index is 11.1. The third-order valence-corrected chi connectivity index (χ3v) is 2.88. The Kier molecular flexibility index (Phi) is 5.18. The Balaban J connectivity index is 0.00000128. The first-order valence-electron chi connectivity index (χ1n) is 5.55. The zero-order chi connectivity index (χ0) is 10.7. The molecule has 1 saturated heterocycles. The van der Waals surface area contributed by atoms with Crippen molar-refractivity contribution in [2.24, 2.45) is 0 Å². The quantitative estimate of drug-likeness (QED) is 0.367. The van der Waals surface area contributed by atoms with Crippen LogP contribution in [0.1, 0.15) is 36.5 Å². The maximum Gasteiger partial charge on any atom is 0.200 e. The number of carbonyl (C=O) groups is 1. The molecule has 88 valence electrons. The summed E-state index contributed by atoms with van der Waals surface area (Å²) >= 11 is 0. The molecular weight excluding hydrogens is 315 g/mol. The summed E-state index contributed by atoms with van der Waals surface area (Å²) in [6.07, 6.45) is 7.82. The second kappa shape index (κ2) is 6.18. The molecule has 0 N–H and O–H groups in total. The number of hydrogen-bond donors (Lipinski definition) is 0. The van der Waals surface area contributed by atoms with Gasteiger partial charge in [0.2, 0.25) is 0 Å². The van der Waals surface area contributed by atoms with E-state index in [0.717, 1.165) is 18.7 Å². The van der Waals surface area contributed by atoms with Crippen LogP contribution in [0.4, 0.5) is 0 Å². The zero-order valence-electron chi connectivity index (χ0n) is 9.53. The van der Waals surface area contributed by atoms with Crippen LogP contribution in [-0.2, 0) is 0 Å². The number of carbonyl (C=O) groups excluding carboxylic acids is 1. The van der Waals surface area contributed by atoms with Crippen LogP contribution in [0.25, 0.3) is 0 Å². The molecule has 0 aromatic carbocycles. The summed E-state index contributed by atoms with van der Waals surface area (Å²) < 4.78 is 2.09. The van der Waals surface area contributed by atoms with Crippen LogP contribution < -0.4 is 33.7 Å². The lowest BCUT2D eigenvalue weighted by atomic mass is 10.2. The van der Waals surface area contributed by atoms with E-state index in [0.29, 0.717) is 0 Å². The van der Waals surface area contributed by atoms with E-state index in [-0.39, 0.29) is 29.8 Å². The third-order valence-electron chi connectivity index (χ3n) is 2.88. The van der Waals surface area contributed by atoms with Gasteiger partial charge in [0.05, 0.1) is 13.1 Å². The van der Waals surface area contributed by atoms with Crippen LogP contribution in [0.15, 0.2) is 24.5 Å². The van der Waals surface area contributed by atoms with Crippen LogP contribution in [0, 0.1) is 0 Å². The summed E-state index contributed by atoms with van der Waals surface area (Å²) in [5.74, 6) is 0.126. The highest BCUT2D eigenvalue weighted by molar-refractivity contribution is 5.93. The summed E-state index contributed by atoms with van der Waals surface area (Å²) in [6, 6.07) is 3.77. The van der Waals surface area contributed by atoms with Crippen molar-refractivity contribution in [1.29, 1.82) is 0 Å². The first kappa shape index (κ1) is 13.4. The van der Waals surface area contributed by atoms with Gasteiger partial charge in [0, 0.05) is 17.7 Å². The number of pyridine rings is 1. The van der Waals surface area contributed by atoms with Gasteiger partial charge in [-0.2, -0.15) is 5.01 Å². The van der Waals surface area contributed by atoms with E-state index < -0.39 is 0 Å². The van der Waals surface area contributed by atoms with Crippen LogP contribution in [0.3, 0.4) is 0 Å². The van der Waals surface area contributed by atoms with Gasteiger partial charge in [-0.25, -0.2) is 0 Å². The van der Waals surface area contributed by atoms with Crippen LogP contribution in [0.5, 0.6) is 0 Å². The Hall–Kier alpha value is -0.650. The standard InChI is InChI=1S/C12H17N2O.HI/c1-11(15)12-5-9-14(10-6-12)13-7-3-2-4-8-13;/h5-6,9-10H,2-4,7-8H2,1H3;1H/q+1;/p-1. The minimum absolute atomic E-state index is 0. The molecule has 0 aliphatic carbocycles. The molecule has 3 nitrogen and oxygen atoms in total. The number of Topliss-reactive ketones (excluding diaryl/α,β-unsaturated/α-hetero) is 1. The van der Waals surface area contributed by atoms with E-state index >= 15 is 0 Å². The van der Waals surface area contributed by atoms with Crippen molar-refractivity contribution >= 4 is 5.78 Å². The van der Waals surface area contributed by atoms with Crippen LogP contribution in [-0.4, -0.2) is 18.9 Å². The van der Waals surface area contributed by atoms with Crippen molar-refractivity contribution in [2.75, 3.05) is 18.1 Å². The van der Waals surface area contributed by atoms with Gasteiger partial charge < -0.3 is 24.0 Å². The number of aromatic nitrogens is 1. The molecule has 0 amide bonds. The van der Waals surface area contributed by atoms with Gasteiger partial charge in [0.1, 0.15) is 0 Å². The minimum Gasteiger partial charge on any atom is -1.00 e. The molecule has 0 spiro atoms. The highest BCUT2D eigenvalue weighted by atomic mass is 127. The van der Waals surface area contributed by atoms with Crippen molar-refractivity contribution in [3.63, 3.8) is 0 Å². The van der Waals surface area contributed by atoms with Gasteiger partial charge in [0.25, 0.3) is 0 Å². The Morgan fingerprint density at radius 2 is 1.75 bits per heavy atom. The molecule has 0 unspecified atom stereocenters. The molecule has 2 heterocycles. The lowest BCUT2D eigenvalue weighted by molar-refractivity contribution is -0.694. The fraction of sp³-hybridized carbons (Fsp3) is 0.500. The molecule has 0 atom stereocenters. The fourth-order valence-corrected chi connectivity index (χ4v) is 1.95. The molecule has 0 saturated carbocycles. The molecule has 0 radical (unpaired) electrons. The number of rotatable bonds is 2. The predicted octanol–water partition coefficient (Wildman–Crippen LogP) is -1.70. The Labute approximate surface area is 113 Å². The normalized spacial score (nSPS) is 15.4. The molecular formula is C12H17IN2O. The number of hydrogen-bond acceptors (Lipinski definition) is 2. The van der Waals surface area contributed by atoms with Gasteiger partial charge in [-0.15, -0.1) is 0 Å². The van der Waals surface area contributed by atoms with Crippen molar-refractivity contribution in [2.45, 2.75) is 26.2 Å². The van der Waals surface area contributed by atoms with Gasteiger partial charge >= 0.3 is 0 Å². The van der Waals surface area contributed by atoms with Crippen molar-refractivity contribution < 1.29 is 33.4 Å². The molecule has 16 heavy (non-hydrogen) atoms. The topological polar surface area (TPSA) is 24.2 Å². The average Bonchev–Trinajstić information content (AvgIpc) is 2.30. The second-order valence-corrected chi connectivity index (χ2v) is 4.04. The van der Waals surface area contributed by atoms with Crippen molar-refractivity contribution in [1.82, 2.24) is 0 Å². The van der Waals surface area contributed by atoms with E-state index in [1.165, 1.54) is 19.3 Å². The van der Waals surface area contributed by atoms with Crippen LogP contribution >= 0.6 is 0 Å². The molecule has 4 heteroatoms. The SMILES string of the molecule is CC(=O)c1cc[n+](N2CCCCC2)cc1.[I-]. The lowest BCUT2D eigenvalue weighted by Gasteiger charge is -2.21. The zero-order valence-corrected chi connectivity index (χ0v) is 11.7. The first-order chi connectivity index (χ1) is 7.27. The molecule has 1 fully saturated rings. The van der Waals surface area contributed by atoms with Gasteiger partial charge in [-0.05, 0) is 26.2 Å². The maximum absolute atomic E-state index is 11.1. The highest BCUT2D eigenvalue weighted by Crippen LogP contribution is 2.04. The number of piperidine rings is 1. The third kappa shape index (κ3) is 3.17. The predicted molar refractivity (Wildman–Crippen MR) is 58.4 cm³/mol. The van der Waals surface area contributed by atoms with E-state index in [1.54, 1.807) is 6.92 Å². The van der Waals surface area contributed by atoms with Crippen LogP contribution in [0.2, 0.25) is 0 Å². The number of halogens is 1. The molecule has 1 aliphatic rings. The van der Waals surface area contributed by atoms with E-state index in [1.807, 2.05) is 24.5 Å². The van der Waals surface area contributed by atoms with E-state index in [4.69, 9.17) is 0 Å². The first-order valence-corrected chi connectivity index (χ1v) is 5.55. The minimum atomic E-state index is 0. The van der Waals surface area contributed by atoms with Gasteiger partial charge in [-0.1, -0.05) is 4.68 Å². The van der Waals surface area contributed by atoms with E-state index in [9.17, 15) is 4.79 Å².